The first-order chi connectivity index (χ1) is 11.8. The zero-order valence-electron chi connectivity index (χ0n) is 13.7. The maximum Gasteiger partial charge on any atom is 0.326 e. The predicted octanol–water partition coefficient (Wildman–Crippen LogP) is 3.55. The van der Waals surface area contributed by atoms with Gasteiger partial charge in [-0.2, -0.15) is 0 Å². The number of esters is 1. The van der Waals surface area contributed by atoms with Crippen molar-refractivity contribution in [3.8, 4) is 0 Å². The molecule has 0 saturated heterocycles. The van der Waals surface area contributed by atoms with Crippen molar-refractivity contribution in [2.24, 2.45) is 0 Å². The van der Waals surface area contributed by atoms with Crippen LogP contribution in [-0.4, -0.2) is 27.5 Å². The lowest BCUT2D eigenvalue weighted by atomic mass is 10.2. The van der Waals surface area contributed by atoms with Crippen molar-refractivity contribution < 1.29 is 22.3 Å². The Hall–Kier alpha value is -2.12. The predicted molar refractivity (Wildman–Crippen MR) is 93.8 cm³/mol. The highest BCUT2D eigenvalue weighted by Gasteiger charge is 2.28. The van der Waals surface area contributed by atoms with Crippen LogP contribution in [0.15, 0.2) is 47.4 Å². The van der Waals surface area contributed by atoms with E-state index in [1.165, 1.54) is 6.07 Å². The summed E-state index contributed by atoms with van der Waals surface area (Å²) < 4.78 is 44.7. The van der Waals surface area contributed by atoms with Crippen molar-refractivity contribution in [3.63, 3.8) is 0 Å². The Morgan fingerprint density at radius 2 is 1.84 bits per heavy atom. The minimum atomic E-state index is -4.11. The molecule has 0 saturated carbocycles. The fraction of sp³-hybridized carbons (Fsp3) is 0.235. The fourth-order valence-electron chi connectivity index (χ4n) is 2.11. The van der Waals surface area contributed by atoms with Crippen LogP contribution in [-0.2, 0) is 19.6 Å². The summed E-state index contributed by atoms with van der Waals surface area (Å²) in [6, 6.07) is 9.00. The average molecular weight is 386 g/mol. The van der Waals surface area contributed by atoms with Gasteiger partial charge in [0, 0.05) is 5.02 Å². The Balaban J connectivity index is 2.51. The summed E-state index contributed by atoms with van der Waals surface area (Å²) in [7, 11) is -4.11. The van der Waals surface area contributed by atoms with Gasteiger partial charge in [0.1, 0.15) is 12.4 Å². The summed E-state index contributed by atoms with van der Waals surface area (Å²) in [6.45, 7) is 3.00. The summed E-state index contributed by atoms with van der Waals surface area (Å²) in [5.41, 5.74) is 0.980. The molecule has 0 radical (unpaired) electrons. The molecule has 0 spiro atoms. The van der Waals surface area contributed by atoms with Crippen LogP contribution in [0, 0.1) is 12.7 Å². The van der Waals surface area contributed by atoms with Crippen LogP contribution in [0.25, 0.3) is 0 Å². The topological polar surface area (TPSA) is 63.7 Å². The van der Waals surface area contributed by atoms with E-state index in [0.29, 0.717) is 5.02 Å². The minimum Gasteiger partial charge on any atom is -0.465 e. The largest absolute Gasteiger partial charge is 0.465 e. The van der Waals surface area contributed by atoms with Gasteiger partial charge in [-0.15, -0.1) is 0 Å². The van der Waals surface area contributed by atoms with Crippen LogP contribution in [0.5, 0.6) is 0 Å². The first-order valence-electron chi connectivity index (χ1n) is 7.45. The van der Waals surface area contributed by atoms with Gasteiger partial charge in [-0.1, -0.05) is 17.7 Å². The second-order valence-corrected chi connectivity index (χ2v) is 7.47. The molecular formula is C17H17ClFNO4S. The average Bonchev–Trinajstić information content (AvgIpc) is 2.56. The van der Waals surface area contributed by atoms with Gasteiger partial charge in [0.05, 0.1) is 17.2 Å². The zero-order chi connectivity index (χ0) is 18.6. The highest BCUT2D eigenvalue weighted by Crippen LogP contribution is 2.28. The van der Waals surface area contributed by atoms with Crippen LogP contribution in [0.2, 0.25) is 5.02 Å². The summed E-state index contributed by atoms with van der Waals surface area (Å²) >= 11 is 6.09. The standard InChI is InChI=1S/C17H17ClFNO4S/c1-3-24-17(21)11-20(14-7-4-12(2)16(18)10-14)25(22,23)15-8-5-13(19)6-9-15/h4-10H,3,11H2,1-2H3. The number of carbonyl (C=O) groups is 1. The van der Waals surface area contributed by atoms with E-state index in [-0.39, 0.29) is 17.2 Å². The van der Waals surface area contributed by atoms with Gasteiger partial charge in [-0.05, 0) is 55.8 Å². The maximum absolute atomic E-state index is 13.1. The van der Waals surface area contributed by atoms with E-state index >= 15 is 0 Å². The van der Waals surface area contributed by atoms with Crippen molar-refractivity contribution in [1.82, 2.24) is 0 Å². The maximum atomic E-state index is 13.1. The number of aryl methyl sites for hydroxylation is 1. The van der Waals surface area contributed by atoms with Gasteiger partial charge in [0.25, 0.3) is 10.0 Å². The number of benzene rings is 2. The van der Waals surface area contributed by atoms with Crippen LogP contribution >= 0.6 is 11.6 Å². The fourth-order valence-corrected chi connectivity index (χ4v) is 3.69. The minimum absolute atomic E-state index is 0.123. The van der Waals surface area contributed by atoms with Gasteiger partial charge in [-0.3, -0.25) is 9.10 Å². The molecule has 0 N–H and O–H groups in total. The second kappa shape index (κ2) is 7.84. The molecule has 0 aromatic heterocycles. The molecule has 0 unspecified atom stereocenters. The Morgan fingerprint density at radius 3 is 2.40 bits per heavy atom. The van der Waals surface area contributed by atoms with Crippen molar-refractivity contribution in [1.29, 1.82) is 0 Å². The number of carbonyl (C=O) groups excluding carboxylic acids is 1. The molecule has 0 aliphatic rings. The number of hydrogen-bond donors (Lipinski definition) is 0. The molecule has 8 heteroatoms. The molecule has 0 fully saturated rings. The van der Waals surface area contributed by atoms with Crippen molar-refractivity contribution in [2.45, 2.75) is 18.7 Å². The molecular weight excluding hydrogens is 369 g/mol. The molecule has 2 rings (SSSR count). The molecule has 134 valence electrons. The van der Waals surface area contributed by atoms with Crippen molar-refractivity contribution in [3.05, 3.63) is 58.9 Å². The number of sulfonamides is 1. The van der Waals surface area contributed by atoms with Gasteiger partial charge >= 0.3 is 5.97 Å². The van der Waals surface area contributed by atoms with Crippen LogP contribution < -0.4 is 4.31 Å². The molecule has 0 heterocycles. The molecule has 0 bridgehead atoms. The molecule has 2 aromatic rings. The lowest BCUT2D eigenvalue weighted by molar-refractivity contribution is -0.141. The third kappa shape index (κ3) is 4.49. The van der Waals surface area contributed by atoms with E-state index in [9.17, 15) is 17.6 Å². The first-order valence-corrected chi connectivity index (χ1v) is 9.27. The van der Waals surface area contributed by atoms with E-state index in [0.717, 1.165) is 34.1 Å². The van der Waals surface area contributed by atoms with E-state index in [4.69, 9.17) is 16.3 Å². The number of ether oxygens (including phenoxy) is 1. The lowest BCUT2D eigenvalue weighted by Crippen LogP contribution is -2.36. The van der Waals surface area contributed by atoms with E-state index in [2.05, 4.69) is 0 Å². The summed E-state index contributed by atoms with van der Waals surface area (Å²) in [5, 5.41) is 0.362. The second-order valence-electron chi connectivity index (χ2n) is 5.20. The third-order valence-electron chi connectivity index (χ3n) is 3.42. The first kappa shape index (κ1) is 19.2. The van der Waals surface area contributed by atoms with Crippen LogP contribution in [0.3, 0.4) is 0 Å². The Bertz CT molecular complexity index is 869. The van der Waals surface area contributed by atoms with Gasteiger partial charge in [0.2, 0.25) is 0 Å². The van der Waals surface area contributed by atoms with Gasteiger partial charge < -0.3 is 4.74 Å². The van der Waals surface area contributed by atoms with Crippen LogP contribution in [0.4, 0.5) is 10.1 Å². The molecule has 25 heavy (non-hydrogen) atoms. The number of nitrogens with zero attached hydrogens (tertiary/aromatic N) is 1. The third-order valence-corrected chi connectivity index (χ3v) is 5.62. The Kier molecular flexibility index (Phi) is 6.02. The molecule has 0 atom stereocenters. The normalized spacial score (nSPS) is 11.2. The highest BCUT2D eigenvalue weighted by molar-refractivity contribution is 7.92. The zero-order valence-corrected chi connectivity index (χ0v) is 15.3. The molecule has 0 amide bonds. The Labute approximate surface area is 151 Å². The monoisotopic (exact) mass is 385 g/mol. The van der Waals surface area contributed by atoms with E-state index in [1.807, 2.05) is 0 Å². The van der Waals surface area contributed by atoms with E-state index in [1.54, 1.807) is 26.0 Å². The number of hydrogen-bond acceptors (Lipinski definition) is 4. The van der Waals surface area contributed by atoms with E-state index < -0.39 is 28.4 Å². The van der Waals surface area contributed by atoms with Gasteiger partial charge in [-0.25, -0.2) is 12.8 Å². The summed E-state index contributed by atoms with van der Waals surface area (Å²) in [4.78, 5) is 11.7. The van der Waals surface area contributed by atoms with Crippen molar-refractivity contribution >= 4 is 33.3 Å². The lowest BCUT2D eigenvalue weighted by Gasteiger charge is -2.24. The highest BCUT2D eigenvalue weighted by atomic mass is 35.5. The summed E-state index contributed by atoms with van der Waals surface area (Å²) in [6.07, 6.45) is 0. The molecule has 2 aromatic carbocycles. The summed E-state index contributed by atoms with van der Waals surface area (Å²) in [5.74, 6) is -1.26. The van der Waals surface area contributed by atoms with Crippen LogP contribution in [0.1, 0.15) is 12.5 Å². The Morgan fingerprint density at radius 1 is 1.20 bits per heavy atom. The number of halogens is 2. The number of rotatable bonds is 6. The SMILES string of the molecule is CCOC(=O)CN(c1ccc(C)c(Cl)c1)S(=O)(=O)c1ccc(F)cc1. The number of anilines is 1. The molecule has 0 aliphatic heterocycles. The van der Waals surface area contributed by atoms with Gasteiger partial charge in [0.15, 0.2) is 0 Å². The quantitative estimate of drug-likeness (QED) is 0.713. The molecule has 0 aliphatic carbocycles. The smallest absolute Gasteiger partial charge is 0.326 e. The molecule has 5 nitrogen and oxygen atoms in total. The van der Waals surface area contributed by atoms with Crippen molar-refractivity contribution in [2.75, 3.05) is 17.5 Å².